The Labute approximate surface area is 123 Å². The van der Waals surface area contributed by atoms with E-state index in [-0.39, 0.29) is 0 Å². The molecule has 0 N–H and O–H groups in total. The largest absolute Gasteiger partial charge is 0.497 e. The summed E-state index contributed by atoms with van der Waals surface area (Å²) in [5, 5.41) is 4.13. The Morgan fingerprint density at radius 3 is 2.19 bits per heavy atom. The number of hydrogen-bond acceptors (Lipinski definition) is 6. The number of hydrogen-bond donors (Lipinski definition) is 0. The highest BCUT2D eigenvalue weighted by Crippen LogP contribution is 2.33. The van der Waals surface area contributed by atoms with Gasteiger partial charge in [0.25, 0.3) is 0 Å². The first-order chi connectivity index (χ1) is 10.2. The van der Waals surface area contributed by atoms with Crippen molar-refractivity contribution in [2.45, 2.75) is 25.2 Å². The van der Waals surface area contributed by atoms with Gasteiger partial charge in [0, 0.05) is 11.6 Å². The number of rotatable bonds is 3. The van der Waals surface area contributed by atoms with E-state index in [1.807, 2.05) is 18.2 Å². The van der Waals surface area contributed by atoms with E-state index < -0.39 is 5.97 Å². The molecule has 1 saturated heterocycles. The number of benzene rings is 1. The molecule has 0 aromatic heterocycles. The summed E-state index contributed by atoms with van der Waals surface area (Å²) in [7, 11) is 3.23. The van der Waals surface area contributed by atoms with Gasteiger partial charge in [0.15, 0.2) is 0 Å². The summed E-state index contributed by atoms with van der Waals surface area (Å²) >= 11 is 0. The maximum Gasteiger partial charge on any atom is 0.356 e. The summed E-state index contributed by atoms with van der Waals surface area (Å²) in [6.07, 6.45) is 2.38. The van der Waals surface area contributed by atoms with E-state index in [1.54, 1.807) is 14.2 Å². The van der Waals surface area contributed by atoms with Gasteiger partial charge < -0.3 is 23.8 Å². The molecule has 0 bridgehead atoms. The number of nitrogens with zero attached hydrogens (tertiary/aromatic N) is 1. The summed E-state index contributed by atoms with van der Waals surface area (Å²) < 4.78 is 21.9. The molecule has 0 radical (unpaired) electrons. The Morgan fingerprint density at radius 1 is 1.00 bits per heavy atom. The lowest BCUT2D eigenvalue weighted by Crippen LogP contribution is -2.35. The van der Waals surface area contributed by atoms with Crippen LogP contribution < -0.4 is 9.47 Å². The minimum Gasteiger partial charge on any atom is -0.497 e. The molecular weight excluding hydrogens is 274 g/mol. The molecule has 2 heterocycles. The van der Waals surface area contributed by atoms with Gasteiger partial charge in [-0.05, 0) is 25.0 Å². The van der Waals surface area contributed by atoms with Gasteiger partial charge in [0.2, 0.25) is 0 Å². The van der Waals surface area contributed by atoms with Crippen molar-refractivity contribution in [2.75, 3.05) is 27.4 Å². The molecule has 2 aliphatic heterocycles. The van der Waals surface area contributed by atoms with Crippen LogP contribution in [0.2, 0.25) is 0 Å². The molecule has 0 aliphatic carbocycles. The molecule has 6 heteroatoms. The topological polar surface area (TPSA) is 58.5 Å². The third-order valence-corrected chi connectivity index (χ3v) is 3.55. The predicted molar refractivity (Wildman–Crippen MR) is 75.7 cm³/mol. The zero-order valence-corrected chi connectivity index (χ0v) is 12.3. The van der Waals surface area contributed by atoms with E-state index in [0.29, 0.717) is 31.1 Å². The van der Waals surface area contributed by atoms with Gasteiger partial charge in [0.05, 0.1) is 39.6 Å². The smallest absolute Gasteiger partial charge is 0.356 e. The molecule has 2 aliphatic rings. The molecule has 1 spiro atoms. The van der Waals surface area contributed by atoms with Gasteiger partial charge >= 0.3 is 5.97 Å². The van der Waals surface area contributed by atoms with Crippen molar-refractivity contribution >= 4 is 5.71 Å². The van der Waals surface area contributed by atoms with Crippen LogP contribution in [0.15, 0.2) is 23.4 Å². The van der Waals surface area contributed by atoms with Crippen molar-refractivity contribution in [3.05, 3.63) is 23.8 Å². The summed E-state index contributed by atoms with van der Waals surface area (Å²) in [5.41, 5.74) is 1.63. The van der Waals surface area contributed by atoms with Crippen molar-refractivity contribution in [2.24, 2.45) is 5.16 Å². The van der Waals surface area contributed by atoms with Gasteiger partial charge in [-0.3, -0.25) is 0 Å². The van der Waals surface area contributed by atoms with E-state index in [2.05, 4.69) is 5.16 Å². The molecular formula is C15H19NO5. The second-order valence-electron chi connectivity index (χ2n) is 4.99. The van der Waals surface area contributed by atoms with Crippen LogP contribution in [0.25, 0.3) is 0 Å². The van der Waals surface area contributed by atoms with Crippen LogP contribution in [0.5, 0.6) is 11.5 Å². The van der Waals surface area contributed by atoms with E-state index in [9.17, 15) is 0 Å². The minimum atomic E-state index is -1.07. The zero-order valence-electron chi connectivity index (χ0n) is 12.3. The molecule has 21 heavy (non-hydrogen) atoms. The van der Waals surface area contributed by atoms with Crippen LogP contribution in [0.1, 0.15) is 24.8 Å². The Hall–Kier alpha value is -1.79. The number of methoxy groups -OCH3 is 2. The Bertz CT molecular complexity index is 513. The van der Waals surface area contributed by atoms with E-state index in [0.717, 1.165) is 24.1 Å². The Balaban J connectivity index is 1.82. The lowest BCUT2D eigenvalue weighted by molar-refractivity contribution is -0.361. The zero-order chi connectivity index (χ0) is 14.7. The standard InChI is InChI=1S/C15H19NO5/c1-17-12-7-11(8-13(9-12)18-2)14-10-15(21-16-14)19-5-3-4-6-20-15/h7-9H,3-6,10H2,1-2H3. The van der Waals surface area contributed by atoms with Gasteiger partial charge in [-0.15, -0.1) is 0 Å². The number of ether oxygens (including phenoxy) is 4. The highest BCUT2D eigenvalue weighted by atomic mass is 16.9. The third kappa shape index (κ3) is 2.96. The second kappa shape index (κ2) is 5.91. The molecule has 114 valence electrons. The molecule has 0 amide bonds. The van der Waals surface area contributed by atoms with Gasteiger partial charge in [-0.1, -0.05) is 5.16 Å². The van der Waals surface area contributed by atoms with Crippen LogP contribution in [0, 0.1) is 0 Å². The van der Waals surface area contributed by atoms with Crippen LogP contribution in [-0.2, 0) is 14.3 Å². The van der Waals surface area contributed by atoms with Crippen molar-refractivity contribution in [3.8, 4) is 11.5 Å². The molecule has 0 saturated carbocycles. The lowest BCUT2D eigenvalue weighted by Gasteiger charge is -2.23. The molecule has 0 unspecified atom stereocenters. The lowest BCUT2D eigenvalue weighted by atomic mass is 10.1. The summed E-state index contributed by atoms with van der Waals surface area (Å²) in [5.74, 6) is 0.341. The quantitative estimate of drug-likeness (QED) is 0.856. The van der Waals surface area contributed by atoms with Crippen molar-refractivity contribution < 1.29 is 23.8 Å². The van der Waals surface area contributed by atoms with Crippen molar-refractivity contribution in [3.63, 3.8) is 0 Å². The van der Waals surface area contributed by atoms with Crippen LogP contribution in [0.3, 0.4) is 0 Å². The number of oxime groups is 1. The average Bonchev–Trinajstić information content (AvgIpc) is 2.80. The van der Waals surface area contributed by atoms with Gasteiger partial charge in [-0.25, -0.2) is 0 Å². The molecule has 6 nitrogen and oxygen atoms in total. The summed E-state index contributed by atoms with van der Waals surface area (Å²) in [6.45, 7) is 1.23. The SMILES string of the molecule is COc1cc(OC)cc(C2=NOC3(C2)OCCCCO3)c1. The Morgan fingerprint density at radius 2 is 1.62 bits per heavy atom. The monoisotopic (exact) mass is 293 g/mol. The third-order valence-electron chi connectivity index (χ3n) is 3.55. The minimum absolute atomic E-state index is 0.448. The molecule has 1 aromatic carbocycles. The maximum atomic E-state index is 5.69. The van der Waals surface area contributed by atoms with Crippen LogP contribution >= 0.6 is 0 Å². The summed E-state index contributed by atoms with van der Waals surface area (Å²) in [6, 6.07) is 5.59. The fraction of sp³-hybridized carbons (Fsp3) is 0.533. The average molecular weight is 293 g/mol. The highest BCUT2D eigenvalue weighted by molar-refractivity contribution is 6.02. The van der Waals surface area contributed by atoms with Crippen molar-refractivity contribution in [1.29, 1.82) is 0 Å². The first kappa shape index (κ1) is 14.2. The second-order valence-corrected chi connectivity index (χ2v) is 4.99. The van der Waals surface area contributed by atoms with Gasteiger partial charge in [-0.2, -0.15) is 0 Å². The van der Waals surface area contributed by atoms with Crippen LogP contribution in [-0.4, -0.2) is 39.1 Å². The van der Waals surface area contributed by atoms with Crippen LogP contribution in [0.4, 0.5) is 0 Å². The fourth-order valence-electron chi connectivity index (χ4n) is 2.38. The Kier molecular flexibility index (Phi) is 3.98. The highest BCUT2D eigenvalue weighted by Gasteiger charge is 2.43. The van der Waals surface area contributed by atoms with E-state index in [4.69, 9.17) is 23.8 Å². The fourth-order valence-corrected chi connectivity index (χ4v) is 2.38. The molecule has 3 rings (SSSR count). The molecule has 1 fully saturated rings. The normalized spacial score (nSPS) is 20.6. The van der Waals surface area contributed by atoms with Gasteiger partial charge in [0.1, 0.15) is 11.5 Å². The first-order valence-corrected chi connectivity index (χ1v) is 7.01. The molecule has 0 atom stereocenters. The summed E-state index contributed by atoms with van der Waals surface area (Å²) in [4.78, 5) is 5.44. The van der Waals surface area contributed by atoms with E-state index in [1.165, 1.54) is 0 Å². The van der Waals surface area contributed by atoms with Crippen molar-refractivity contribution in [1.82, 2.24) is 0 Å². The maximum absolute atomic E-state index is 5.69. The first-order valence-electron chi connectivity index (χ1n) is 7.01. The molecule has 1 aromatic rings. The van der Waals surface area contributed by atoms with E-state index >= 15 is 0 Å². The predicted octanol–water partition coefficient (Wildman–Crippen LogP) is 2.31.